The number of amides is 1. The Balaban J connectivity index is 1.60. The molecule has 0 bridgehead atoms. The quantitative estimate of drug-likeness (QED) is 0.753. The first-order chi connectivity index (χ1) is 12.8. The Morgan fingerprint density at radius 2 is 1.93 bits per heavy atom. The molecule has 0 aliphatic carbocycles. The molecular formula is C20H17F3N2O2. The highest BCUT2D eigenvalue weighted by Crippen LogP contribution is 2.34. The van der Waals surface area contributed by atoms with Crippen LogP contribution < -0.4 is 5.73 Å². The summed E-state index contributed by atoms with van der Waals surface area (Å²) in [5.41, 5.74) is 7.43. The fraction of sp³-hybridized carbons (Fsp3) is 0.250. The minimum atomic E-state index is -2.92. The zero-order valence-electron chi connectivity index (χ0n) is 14.3. The summed E-state index contributed by atoms with van der Waals surface area (Å²) in [7, 11) is 0. The van der Waals surface area contributed by atoms with E-state index in [9.17, 15) is 18.0 Å². The van der Waals surface area contributed by atoms with E-state index in [0.29, 0.717) is 11.3 Å². The number of alkyl halides is 2. The molecule has 0 radical (unpaired) electrons. The lowest BCUT2D eigenvalue weighted by molar-refractivity contribution is -0.122. The zero-order chi connectivity index (χ0) is 19.2. The van der Waals surface area contributed by atoms with Crippen molar-refractivity contribution in [3.05, 3.63) is 59.9 Å². The Kier molecular flexibility index (Phi) is 4.19. The highest BCUT2D eigenvalue weighted by molar-refractivity contribution is 5.83. The molecule has 1 aliphatic heterocycles. The topological polar surface area (TPSA) is 59.5 Å². The third-order valence-corrected chi connectivity index (χ3v) is 4.79. The van der Waals surface area contributed by atoms with E-state index in [1.807, 2.05) is 12.1 Å². The molecule has 4 nitrogen and oxygen atoms in total. The number of carbonyl (C=O) groups is 1. The summed E-state index contributed by atoms with van der Waals surface area (Å²) in [4.78, 5) is 12.9. The van der Waals surface area contributed by atoms with Gasteiger partial charge in [0.05, 0.1) is 12.6 Å². The van der Waals surface area contributed by atoms with Crippen molar-refractivity contribution < 1.29 is 22.4 Å². The minimum Gasteiger partial charge on any atom is -0.456 e. The van der Waals surface area contributed by atoms with Gasteiger partial charge >= 0.3 is 0 Å². The van der Waals surface area contributed by atoms with Gasteiger partial charge in [-0.3, -0.25) is 9.69 Å². The highest BCUT2D eigenvalue weighted by atomic mass is 19.3. The van der Waals surface area contributed by atoms with E-state index in [2.05, 4.69) is 0 Å². The molecule has 2 heterocycles. The highest BCUT2D eigenvalue weighted by Gasteiger charge is 2.47. The third kappa shape index (κ3) is 3.55. The maximum atomic E-state index is 13.7. The van der Waals surface area contributed by atoms with Crippen LogP contribution in [0.3, 0.4) is 0 Å². The molecular weight excluding hydrogens is 357 g/mol. The second-order valence-corrected chi connectivity index (χ2v) is 6.87. The Morgan fingerprint density at radius 1 is 1.19 bits per heavy atom. The van der Waals surface area contributed by atoms with Crippen molar-refractivity contribution >= 4 is 16.9 Å². The minimum absolute atomic E-state index is 0.191. The predicted molar refractivity (Wildman–Crippen MR) is 94.6 cm³/mol. The molecule has 3 aromatic rings. The summed E-state index contributed by atoms with van der Waals surface area (Å²) in [5, 5.41) is 0.799. The number of benzene rings is 2. The Labute approximate surface area is 153 Å². The van der Waals surface area contributed by atoms with Gasteiger partial charge in [-0.2, -0.15) is 0 Å². The van der Waals surface area contributed by atoms with Crippen molar-refractivity contribution in [2.24, 2.45) is 5.73 Å². The van der Waals surface area contributed by atoms with Crippen LogP contribution in [0.25, 0.3) is 22.3 Å². The van der Waals surface area contributed by atoms with Crippen molar-refractivity contribution in [3.63, 3.8) is 0 Å². The number of hydrogen-bond donors (Lipinski definition) is 1. The molecule has 0 saturated carbocycles. The number of rotatable bonds is 4. The largest absolute Gasteiger partial charge is 0.456 e. The van der Waals surface area contributed by atoms with Crippen LogP contribution >= 0.6 is 0 Å². The number of carbonyl (C=O) groups excluding carboxylic acids is 1. The molecule has 0 unspecified atom stereocenters. The third-order valence-electron chi connectivity index (χ3n) is 4.79. The molecule has 2 aromatic carbocycles. The number of primary amides is 1. The van der Waals surface area contributed by atoms with Crippen molar-refractivity contribution in [1.82, 2.24) is 4.90 Å². The van der Waals surface area contributed by atoms with E-state index in [1.165, 1.54) is 17.0 Å². The normalized spacial score (nSPS) is 19.6. The van der Waals surface area contributed by atoms with Gasteiger partial charge < -0.3 is 10.2 Å². The van der Waals surface area contributed by atoms with Crippen LogP contribution in [0.4, 0.5) is 13.2 Å². The van der Waals surface area contributed by atoms with E-state index >= 15 is 0 Å². The SMILES string of the molecule is NC(=O)[C@@H]1CC(F)(F)CN1Cc1ccc2oc(-c3ccc(F)cc3)cc2c1. The molecule has 1 saturated heterocycles. The van der Waals surface area contributed by atoms with Crippen LogP contribution in [0.1, 0.15) is 12.0 Å². The molecule has 1 amide bonds. The van der Waals surface area contributed by atoms with Crippen LogP contribution in [-0.4, -0.2) is 29.3 Å². The van der Waals surface area contributed by atoms with Gasteiger partial charge in [0.1, 0.15) is 17.2 Å². The first-order valence-electron chi connectivity index (χ1n) is 8.50. The Morgan fingerprint density at radius 3 is 2.63 bits per heavy atom. The number of nitrogens with two attached hydrogens (primary N) is 1. The van der Waals surface area contributed by atoms with Crippen molar-refractivity contribution in [2.75, 3.05) is 6.54 Å². The molecule has 2 N–H and O–H groups in total. The number of halogens is 3. The summed E-state index contributed by atoms with van der Waals surface area (Å²) in [6, 6.07) is 12.2. The smallest absolute Gasteiger partial charge is 0.262 e. The molecule has 0 spiro atoms. The second kappa shape index (κ2) is 6.42. The van der Waals surface area contributed by atoms with Crippen LogP contribution in [0.15, 0.2) is 52.9 Å². The maximum absolute atomic E-state index is 13.7. The standard InChI is InChI=1S/C20H17F3N2O2/c21-15-4-2-13(3-5-15)18-8-14-7-12(1-6-17(14)27-18)10-25-11-20(22,23)9-16(25)19(24)26/h1-8,16H,9-11H2,(H2,24,26)/t16-/m0/s1. The van der Waals surface area contributed by atoms with Gasteiger partial charge in [-0.1, -0.05) is 6.07 Å². The molecule has 7 heteroatoms. The molecule has 27 heavy (non-hydrogen) atoms. The molecule has 140 valence electrons. The number of furan rings is 1. The average molecular weight is 374 g/mol. The van der Waals surface area contributed by atoms with Gasteiger partial charge in [-0.15, -0.1) is 0 Å². The number of hydrogen-bond acceptors (Lipinski definition) is 3. The number of likely N-dealkylation sites (tertiary alicyclic amines) is 1. The van der Waals surface area contributed by atoms with E-state index in [-0.39, 0.29) is 12.4 Å². The summed E-state index contributed by atoms with van der Waals surface area (Å²) in [6.45, 7) is -0.305. The van der Waals surface area contributed by atoms with Gasteiger partial charge in [-0.25, -0.2) is 13.2 Å². The van der Waals surface area contributed by atoms with E-state index < -0.39 is 30.8 Å². The van der Waals surface area contributed by atoms with Crippen LogP contribution in [-0.2, 0) is 11.3 Å². The van der Waals surface area contributed by atoms with Crippen molar-refractivity contribution in [1.29, 1.82) is 0 Å². The van der Waals surface area contributed by atoms with Gasteiger partial charge in [0, 0.05) is 23.9 Å². The monoisotopic (exact) mass is 374 g/mol. The molecule has 4 rings (SSSR count). The number of fused-ring (bicyclic) bond motifs is 1. The zero-order valence-corrected chi connectivity index (χ0v) is 14.3. The fourth-order valence-electron chi connectivity index (χ4n) is 3.51. The lowest BCUT2D eigenvalue weighted by atomic mass is 10.1. The Bertz CT molecular complexity index is 998. The van der Waals surface area contributed by atoms with Crippen LogP contribution in [0.5, 0.6) is 0 Å². The maximum Gasteiger partial charge on any atom is 0.262 e. The summed E-state index contributed by atoms with van der Waals surface area (Å²) < 4.78 is 46.2. The van der Waals surface area contributed by atoms with Crippen molar-refractivity contribution in [3.8, 4) is 11.3 Å². The van der Waals surface area contributed by atoms with Gasteiger partial charge in [0.15, 0.2) is 0 Å². The van der Waals surface area contributed by atoms with Gasteiger partial charge in [0.25, 0.3) is 5.92 Å². The molecule has 1 fully saturated rings. The first kappa shape index (κ1) is 17.6. The summed E-state index contributed by atoms with van der Waals surface area (Å²) >= 11 is 0. The first-order valence-corrected chi connectivity index (χ1v) is 8.50. The Hall–Kier alpha value is -2.80. The van der Waals surface area contributed by atoms with E-state index in [1.54, 1.807) is 24.3 Å². The van der Waals surface area contributed by atoms with Gasteiger partial charge in [-0.05, 0) is 48.0 Å². The van der Waals surface area contributed by atoms with E-state index in [4.69, 9.17) is 10.2 Å². The molecule has 1 aliphatic rings. The average Bonchev–Trinajstić information content (AvgIpc) is 3.15. The van der Waals surface area contributed by atoms with Crippen LogP contribution in [0, 0.1) is 5.82 Å². The molecule has 1 atom stereocenters. The fourth-order valence-corrected chi connectivity index (χ4v) is 3.51. The predicted octanol–water partition coefficient (Wildman–Crippen LogP) is 3.93. The summed E-state index contributed by atoms with van der Waals surface area (Å²) in [5.74, 6) is -3.40. The lowest BCUT2D eigenvalue weighted by Crippen LogP contribution is -2.39. The number of nitrogens with zero attached hydrogens (tertiary/aromatic N) is 1. The lowest BCUT2D eigenvalue weighted by Gasteiger charge is -2.21. The van der Waals surface area contributed by atoms with Gasteiger partial charge in [0.2, 0.25) is 5.91 Å². The summed E-state index contributed by atoms with van der Waals surface area (Å²) in [6.07, 6.45) is -0.551. The molecule has 1 aromatic heterocycles. The second-order valence-electron chi connectivity index (χ2n) is 6.87. The van der Waals surface area contributed by atoms with E-state index in [0.717, 1.165) is 16.5 Å². The van der Waals surface area contributed by atoms with Crippen LogP contribution in [0.2, 0.25) is 0 Å². The van der Waals surface area contributed by atoms with Crippen molar-refractivity contribution in [2.45, 2.75) is 24.9 Å².